The minimum atomic E-state index is -0.802. The first-order valence-electron chi connectivity index (χ1n) is 27.5. The third kappa shape index (κ3) is 46.1. The van der Waals surface area contributed by atoms with E-state index in [4.69, 9.17) is 4.74 Å². The molecule has 0 saturated carbocycles. The van der Waals surface area contributed by atoms with E-state index in [2.05, 4.69) is 86.8 Å². The number of hydrogen-bond donors (Lipinski definition) is 3. The third-order valence-corrected chi connectivity index (χ3v) is 12.4. The Morgan fingerprint density at radius 2 is 0.844 bits per heavy atom. The fourth-order valence-corrected chi connectivity index (χ4v) is 8.23. The fourth-order valence-electron chi connectivity index (χ4n) is 8.23. The second-order valence-electron chi connectivity index (χ2n) is 18.6. The van der Waals surface area contributed by atoms with Crippen LogP contribution >= 0.6 is 0 Å². The topological polar surface area (TPSA) is 95.9 Å². The van der Waals surface area contributed by atoms with E-state index in [9.17, 15) is 19.8 Å². The molecule has 1 amide bonds. The molecule has 0 aromatic rings. The molecule has 3 atom stereocenters. The molecule has 0 saturated heterocycles. The van der Waals surface area contributed by atoms with E-state index < -0.39 is 18.2 Å². The van der Waals surface area contributed by atoms with Gasteiger partial charge in [0, 0.05) is 6.42 Å². The monoisotopic (exact) mass is 896 g/mol. The molecule has 0 aromatic carbocycles. The highest BCUT2D eigenvalue weighted by molar-refractivity contribution is 5.77. The summed E-state index contributed by atoms with van der Waals surface area (Å²) >= 11 is 0. The van der Waals surface area contributed by atoms with Crippen molar-refractivity contribution in [3.05, 3.63) is 60.8 Å². The summed E-state index contributed by atoms with van der Waals surface area (Å²) in [6, 6.07) is -0.719. The molecule has 0 fully saturated rings. The van der Waals surface area contributed by atoms with Crippen molar-refractivity contribution < 1.29 is 24.5 Å². The van der Waals surface area contributed by atoms with E-state index in [1.165, 1.54) is 141 Å². The van der Waals surface area contributed by atoms with E-state index in [1.54, 1.807) is 0 Å². The Kier molecular flexibility index (Phi) is 49.6. The number of hydrogen-bond acceptors (Lipinski definition) is 5. The Balaban J connectivity index is 4.63. The van der Waals surface area contributed by atoms with Gasteiger partial charge < -0.3 is 20.3 Å². The number of carbonyl (C=O) groups is 2. The molecule has 0 spiro atoms. The van der Waals surface area contributed by atoms with Crippen LogP contribution in [0, 0.1) is 0 Å². The zero-order valence-electron chi connectivity index (χ0n) is 42.4. The van der Waals surface area contributed by atoms with Crippen molar-refractivity contribution in [3.8, 4) is 0 Å². The molecule has 0 aromatic heterocycles. The Hall–Kier alpha value is -2.44. The Morgan fingerprint density at radius 1 is 0.469 bits per heavy atom. The number of ether oxygens (including phenoxy) is 1. The van der Waals surface area contributed by atoms with Crippen LogP contribution in [0.25, 0.3) is 0 Å². The second kappa shape index (κ2) is 51.5. The van der Waals surface area contributed by atoms with Crippen molar-refractivity contribution in [1.82, 2.24) is 5.32 Å². The van der Waals surface area contributed by atoms with Crippen LogP contribution in [0.5, 0.6) is 0 Å². The van der Waals surface area contributed by atoms with Gasteiger partial charge in [-0.15, -0.1) is 0 Å². The number of aliphatic hydroxyl groups excluding tert-OH is 2. The molecule has 6 nitrogen and oxygen atoms in total. The summed E-state index contributed by atoms with van der Waals surface area (Å²) in [7, 11) is 0. The first-order valence-corrected chi connectivity index (χ1v) is 27.5. The number of aliphatic hydroxyl groups is 2. The molecular weight excluding hydrogens is 791 g/mol. The molecule has 64 heavy (non-hydrogen) atoms. The maximum Gasteiger partial charge on any atom is 0.306 e. The summed E-state index contributed by atoms with van der Waals surface area (Å²) in [6.45, 7) is 6.36. The summed E-state index contributed by atoms with van der Waals surface area (Å²) in [6.07, 6.45) is 64.4. The second-order valence-corrected chi connectivity index (χ2v) is 18.6. The molecule has 0 aliphatic rings. The maximum atomic E-state index is 13.2. The van der Waals surface area contributed by atoms with Gasteiger partial charge >= 0.3 is 5.97 Å². The zero-order valence-corrected chi connectivity index (χ0v) is 42.4. The van der Waals surface area contributed by atoms with Crippen LogP contribution < -0.4 is 5.32 Å². The summed E-state index contributed by atoms with van der Waals surface area (Å²) < 4.78 is 5.92. The standard InChI is InChI=1S/C58H105NO5/c1-4-7-10-13-16-19-22-24-26-28-30-32-34-36-39-42-45-48-51-58(63)64-54(49-46-43-40-37-35-33-31-29-27-25-23-20-17-14-11-8-5-2)52-57(62)59-55(53-60)56(61)50-47-44-41-38-21-18-15-12-9-6-3/h8,11,17,20,25,27,31,33,37,40,54-56,60-61H,4-7,9-10,12-16,18-19,21-24,26,28-30,32,34-36,38-39,41-53H2,1-3H3,(H,59,62)/b11-8-,20-17-,27-25-,33-31-,40-37-. The van der Waals surface area contributed by atoms with Gasteiger partial charge in [-0.1, -0.05) is 255 Å². The summed E-state index contributed by atoms with van der Waals surface area (Å²) in [5.74, 6) is -0.522. The zero-order chi connectivity index (χ0) is 46.7. The van der Waals surface area contributed by atoms with E-state index in [0.717, 1.165) is 83.5 Å². The van der Waals surface area contributed by atoms with Gasteiger partial charge in [0.05, 0.1) is 25.2 Å². The Bertz CT molecular complexity index is 1140. The summed E-state index contributed by atoms with van der Waals surface area (Å²) in [5.41, 5.74) is 0. The normalized spacial score (nSPS) is 13.6. The van der Waals surface area contributed by atoms with Gasteiger partial charge in [0.25, 0.3) is 0 Å². The summed E-state index contributed by atoms with van der Waals surface area (Å²) in [5, 5.41) is 23.7. The van der Waals surface area contributed by atoms with Crippen LogP contribution in [-0.4, -0.2) is 46.9 Å². The van der Waals surface area contributed by atoms with Crippen LogP contribution in [0.15, 0.2) is 60.8 Å². The molecule has 6 heteroatoms. The third-order valence-electron chi connectivity index (χ3n) is 12.4. The lowest BCUT2D eigenvalue weighted by Gasteiger charge is -2.24. The smallest absolute Gasteiger partial charge is 0.306 e. The molecule has 0 rings (SSSR count). The van der Waals surface area contributed by atoms with Crippen LogP contribution in [-0.2, 0) is 14.3 Å². The van der Waals surface area contributed by atoms with Crippen LogP contribution in [0.1, 0.15) is 271 Å². The van der Waals surface area contributed by atoms with E-state index in [-0.39, 0.29) is 24.9 Å². The minimum absolute atomic E-state index is 0.0397. The largest absolute Gasteiger partial charge is 0.462 e. The van der Waals surface area contributed by atoms with Gasteiger partial charge in [0.15, 0.2) is 0 Å². The first kappa shape index (κ1) is 61.6. The molecule has 0 radical (unpaired) electrons. The van der Waals surface area contributed by atoms with Crippen molar-refractivity contribution in [3.63, 3.8) is 0 Å². The first-order chi connectivity index (χ1) is 31.5. The van der Waals surface area contributed by atoms with Gasteiger partial charge in [-0.05, 0) is 64.2 Å². The number of rotatable bonds is 49. The quantitative estimate of drug-likeness (QED) is 0.0321. The lowest BCUT2D eigenvalue weighted by Crippen LogP contribution is -2.46. The minimum Gasteiger partial charge on any atom is -0.462 e. The van der Waals surface area contributed by atoms with Gasteiger partial charge in [0.1, 0.15) is 6.10 Å². The molecule has 3 unspecified atom stereocenters. The average molecular weight is 896 g/mol. The average Bonchev–Trinajstić information content (AvgIpc) is 3.29. The molecule has 0 aliphatic carbocycles. The number of allylic oxidation sites excluding steroid dienone is 10. The number of unbranched alkanes of at least 4 members (excludes halogenated alkanes) is 27. The number of carbonyl (C=O) groups excluding carboxylic acids is 2. The van der Waals surface area contributed by atoms with E-state index >= 15 is 0 Å². The van der Waals surface area contributed by atoms with Gasteiger partial charge in [-0.2, -0.15) is 0 Å². The fraction of sp³-hybridized carbons (Fsp3) is 0.793. The molecule has 3 N–H and O–H groups in total. The lowest BCUT2D eigenvalue weighted by atomic mass is 10.0. The van der Waals surface area contributed by atoms with Crippen molar-refractivity contribution in [2.45, 2.75) is 289 Å². The molecule has 372 valence electrons. The molecular formula is C58H105NO5. The Morgan fingerprint density at radius 3 is 1.25 bits per heavy atom. The SMILES string of the molecule is CC/C=C\C/C=C\C/C=C\C/C=C\C/C=C\CCCC(CC(=O)NC(CO)C(O)CCCCCCCCCCCC)OC(=O)CCCCCCCCCCCCCCCCCCCC. The highest BCUT2D eigenvalue weighted by Crippen LogP contribution is 2.18. The van der Waals surface area contributed by atoms with Crippen LogP contribution in [0.2, 0.25) is 0 Å². The van der Waals surface area contributed by atoms with E-state index in [1.807, 2.05) is 0 Å². The lowest BCUT2D eigenvalue weighted by molar-refractivity contribution is -0.151. The highest BCUT2D eigenvalue weighted by atomic mass is 16.5. The van der Waals surface area contributed by atoms with Gasteiger partial charge in [-0.25, -0.2) is 0 Å². The van der Waals surface area contributed by atoms with Crippen molar-refractivity contribution >= 4 is 11.9 Å². The predicted molar refractivity (Wildman–Crippen MR) is 278 cm³/mol. The number of amides is 1. The van der Waals surface area contributed by atoms with Crippen molar-refractivity contribution in [2.75, 3.05) is 6.61 Å². The number of esters is 1. The summed E-state index contributed by atoms with van der Waals surface area (Å²) in [4.78, 5) is 26.2. The molecule has 0 aliphatic heterocycles. The van der Waals surface area contributed by atoms with Crippen molar-refractivity contribution in [1.29, 1.82) is 0 Å². The predicted octanol–water partition coefficient (Wildman–Crippen LogP) is 16.8. The molecule has 0 bridgehead atoms. The van der Waals surface area contributed by atoms with Crippen LogP contribution in [0.3, 0.4) is 0 Å². The Labute approximate surface area is 397 Å². The van der Waals surface area contributed by atoms with Crippen LogP contribution in [0.4, 0.5) is 0 Å². The molecule has 0 heterocycles. The van der Waals surface area contributed by atoms with E-state index in [0.29, 0.717) is 19.3 Å². The maximum absolute atomic E-state index is 13.2. The van der Waals surface area contributed by atoms with Crippen molar-refractivity contribution in [2.24, 2.45) is 0 Å². The number of nitrogens with one attached hydrogen (secondary N) is 1. The van der Waals surface area contributed by atoms with Gasteiger partial charge in [0.2, 0.25) is 5.91 Å². The van der Waals surface area contributed by atoms with Gasteiger partial charge in [-0.3, -0.25) is 9.59 Å². The highest BCUT2D eigenvalue weighted by Gasteiger charge is 2.24.